The van der Waals surface area contributed by atoms with E-state index in [2.05, 4.69) is 135 Å². The molecule has 4 aromatic rings. The molecule has 1 aliphatic rings. The van der Waals surface area contributed by atoms with Crippen LogP contribution in [0.25, 0.3) is 0 Å². The molecule has 0 amide bonds. The van der Waals surface area contributed by atoms with Crippen LogP contribution in [0.15, 0.2) is 126 Å². The van der Waals surface area contributed by atoms with Crippen LogP contribution < -0.4 is 4.90 Å². The molecule has 2 nitrogen and oxygen atoms in total. The molecule has 33 heavy (non-hydrogen) atoms. The summed E-state index contributed by atoms with van der Waals surface area (Å²) < 4.78 is 0. The fourth-order valence-electron chi connectivity index (χ4n) is 5.48. The van der Waals surface area contributed by atoms with Gasteiger partial charge in [-0.2, -0.15) is 0 Å². The minimum absolute atomic E-state index is 0.187. The van der Waals surface area contributed by atoms with E-state index in [4.69, 9.17) is 4.99 Å². The Bertz CT molecular complexity index is 1160. The smallest absolute Gasteiger partial charge is 0.122 e. The number of aliphatic imine (C=N–C) groups is 1. The van der Waals surface area contributed by atoms with Gasteiger partial charge in [0, 0.05) is 23.8 Å². The van der Waals surface area contributed by atoms with Crippen LogP contribution in [0.3, 0.4) is 0 Å². The number of nitrogens with one attached hydrogen (secondary N) is 1. The van der Waals surface area contributed by atoms with Gasteiger partial charge in [0.25, 0.3) is 0 Å². The summed E-state index contributed by atoms with van der Waals surface area (Å²) in [6, 6.07) is 44.3. The first-order valence-corrected chi connectivity index (χ1v) is 11.9. The summed E-state index contributed by atoms with van der Waals surface area (Å²) in [6.45, 7) is 0. The highest BCUT2D eigenvalue weighted by Gasteiger charge is 2.46. The Hall–Kier alpha value is -3.49. The van der Waals surface area contributed by atoms with Gasteiger partial charge in [0.1, 0.15) is 12.1 Å². The average Bonchev–Trinajstić information content (AvgIpc) is 2.89. The molecule has 1 saturated heterocycles. The van der Waals surface area contributed by atoms with Gasteiger partial charge in [-0.3, -0.25) is 4.99 Å². The number of nitrogens with zero attached hydrogens (tertiary/aromatic N) is 1. The van der Waals surface area contributed by atoms with Crippen LogP contribution in [0.1, 0.15) is 46.7 Å². The number of piperidine rings is 1. The van der Waals surface area contributed by atoms with Crippen molar-refractivity contribution < 1.29 is 4.90 Å². The average molecular weight is 432 g/mol. The molecule has 1 heterocycles. The Morgan fingerprint density at radius 3 is 1.70 bits per heavy atom. The molecular weight excluding hydrogens is 400 g/mol. The zero-order chi connectivity index (χ0) is 22.5. The van der Waals surface area contributed by atoms with E-state index in [1.165, 1.54) is 21.6 Å². The van der Waals surface area contributed by atoms with E-state index in [-0.39, 0.29) is 6.04 Å². The molecule has 0 aromatic heterocycles. The first kappa shape index (κ1) is 21.4. The van der Waals surface area contributed by atoms with Gasteiger partial charge in [-0.15, -0.1) is 0 Å². The van der Waals surface area contributed by atoms with E-state index < -0.39 is 0 Å². The molecule has 0 bridgehead atoms. The van der Waals surface area contributed by atoms with Crippen molar-refractivity contribution in [3.05, 3.63) is 144 Å². The van der Waals surface area contributed by atoms with Crippen molar-refractivity contribution in [1.29, 1.82) is 0 Å². The number of rotatable bonds is 5. The molecule has 1 aliphatic heterocycles. The fraction of sp³-hybridized carbons (Fsp3) is 0.194. The molecule has 164 valence electrons. The number of likely N-dealkylation sites (N-methyl/N-ethyl adjacent to an activating group) is 1. The van der Waals surface area contributed by atoms with Crippen LogP contribution >= 0.6 is 0 Å². The third-order valence-corrected chi connectivity index (χ3v) is 7.05. The molecule has 0 spiro atoms. The van der Waals surface area contributed by atoms with Crippen molar-refractivity contribution in [2.75, 3.05) is 7.05 Å². The van der Waals surface area contributed by atoms with Crippen LogP contribution in [0.2, 0.25) is 0 Å². The Kier molecular flexibility index (Phi) is 6.46. The Morgan fingerprint density at radius 1 is 0.636 bits per heavy atom. The maximum absolute atomic E-state index is 5.26. The van der Waals surface area contributed by atoms with Crippen molar-refractivity contribution in [2.24, 2.45) is 4.99 Å². The number of likely N-dealkylation sites (tertiary alicyclic amines) is 1. The molecule has 0 aliphatic carbocycles. The standard InChI is InChI=1S/C31H30N2/c1-33-29(25-16-8-3-9-17-25)22-28(32-23-24-14-6-2-7-15-24)30(26-18-10-4-11-19-26)31(33)27-20-12-5-13-21-27/h2-21,23,28-31H,22H2,1H3/p+1/t28-,29-,30-,31-/m0/s1. The molecule has 1 N–H and O–H groups in total. The largest absolute Gasteiger partial charge is 0.324 e. The minimum Gasteiger partial charge on any atom is -0.324 e. The topological polar surface area (TPSA) is 16.8 Å². The lowest BCUT2D eigenvalue weighted by Crippen LogP contribution is -3.11. The lowest BCUT2D eigenvalue weighted by molar-refractivity contribution is -0.951. The van der Waals surface area contributed by atoms with Gasteiger partial charge in [-0.05, 0) is 11.1 Å². The molecule has 0 radical (unpaired) electrons. The summed E-state index contributed by atoms with van der Waals surface area (Å²) in [5.41, 5.74) is 5.29. The van der Waals surface area contributed by atoms with E-state index in [0.717, 1.165) is 12.0 Å². The third-order valence-electron chi connectivity index (χ3n) is 7.05. The second-order valence-electron chi connectivity index (χ2n) is 9.02. The summed E-state index contributed by atoms with van der Waals surface area (Å²) in [5.74, 6) is 0.300. The normalized spacial score (nSPS) is 25.2. The van der Waals surface area contributed by atoms with Crippen molar-refractivity contribution >= 4 is 6.21 Å². The number of benzene rings is 4. The Morgan fingerprint density at radius 2 is 1.12 bits per heavy atom. The summed E-state index contributed by atoms with van der Waals surface area (Å²) in [4.78, 5) is 6.79. The SMILES string of the molecule is C[NH+]1[C@H](c2ccccc2)C[C@H](N=Cc2ccccc2)[C@H](c2ccccc2)[C@@H]1c1ccccc1. The van der Waals surface area contributed by atoms with E-state index >= 15 is 0 Å². The monoisotopic (exact) mass is 431 g/mol. The molecule has 0 saturated carbocycles. The van der Waals surface area contributed by atoms with Crippen LogP contribution in [0, 0.1) is 0 Å². The second-order valence-corrected chi connectivity index (χ2v) is 9.02. The molecule has 2 heteroatoms. The Balaban J connectivity index is 1.62. The van der Waals surface area contributed by atoms with Gasteiger partial charge in [0.15, 0.2) is 0 Å². The highest BCUT2D eigenvalue weighted by Crippen LogP contribution is 2.41. The Labute approximate surface area is 197 Å². The van der Waals surface area contributed by atoms with Crippen molar-refractivity contribution in [3.63, 3.8) is 0 Å². The van der Waals surface area contributed by atoms with Gasteiger partial charge in [-0.25, -0.2) is 0 Å². The van der Waals surface area contributed by atoms with Crippen LogP contribution in [-0.2, 0) is 0 Å². The lowest BCUT2D eigenvalue weighted by atomic mass is 9.74. The summed E-state index contributed by atoms with van der Waals surface area (Å²) in [5, 5.41) is 0. The van der Waals surface area contributed by atoms with E-state index in [1.807, 2.05) is 0 Å². The lowest BCUT2D eigenvalue weighted by Gasteiger charge is -2.45. The minimum atomic E-state index is 0.187. The quantitative estimate of drug-likeness (QED) is 0.393. The molecule has 1 fully saturated rings. The number of hydrogen-bond acceptors (Lipinski definition) is 1. The molecule has 1 unspecified atom stereocenters. The first-order chi connectivity index (χ1) is 16.3. The molecule has 5 rings (SSSR count). The van der Waals surface area contributed by atoms with E-state index in [9.17, 15) is 0 Å². The van der Waals surface area contributed by atoms with Crippen LogP contribution in [0.5, 0.6) is 0 Å². The second kappa shape index (κ2) is 9.97. The summed E-state index contributed by atoms with van der Waals surface area (Å²) >= 11 is 0. The first-order valence-electron chi connectivity index (χ1n) is 11.9. The van der Waals surface area contributed by atoms with Crippen molar-refractivity contribution in [3.8, 4) is 0 Å². The predicted octanol–water partition coefficient (Wildman–Crippen LogP) is 5.66. The predicted molar refractivity (Wildman–Crippen MR) is 137 cm³/mol. The van der Waals surface area contributed by atoms with Crippen molar-refractivity contribution in [1.82, 2.24) is 0 Å². The van der Waals surface area contributed by atoms with Gasteiger partial charge in [0.05, 0.1) is 19.0 Å². The van der Waals surface area contributed by atoms with Gasteiger partial charge in [0.2, 0.25) is 0 Å². The maximum atomic E-state index is 5.26. The van der Waals surface area contributed by atoms with Gasteiger partial charge < -0.3 is 4.90 Å². The molecule has 4 aromatic carbocycles. The van der Waals surface area contributed by atoms with Gasteiger partial charge >= 0.3 is 0 Å². The molecule has 5 atom stereocenters. The van der Waals surface area contributed by atoms with Crippen LogP contribution in [0.4, 0.5) is 0 Å². The van der Waals surface area contributed by atoms with E-state index in [1.54, 1.807) is 0 Å². The highest BCUT2D eigenvalue weighted by atomic mass is 15.2. The zero-order valence-electron chi connectivity index (χ0n) is 19.1. The van der Waals surface area contributed by atoms with E-state index in [0.29, 0.717) is 18.0 Å². The highest BCUT2D eigenvalue weighted by molar-refractivity contribution is 5.79. The number of quaternary nitrogens is 1. The zero-order valence-corrected chi connectivity index (χ0v) is 19.1. The number of hydrogen-bond donors (Lipinski definition) is 1. The summed E-state index contributed by atoms with van der Waals surface area (Å²) in [7, 11) is 2.36. The third kappa shape index (κ3) is 4.67. The fourth-order valence-corrected chi connectivity index (χ4v) is 5.48. The van der Waals surface area contributed by atoms with Gasteiger partial charge in [-0.1, -0.05) is 121 Å². The van der Waals surface area contributed by atoms with Crippen molar-refractivity contribution in [2.45, 2.75) is 30.5 Å². The maximum Gasteiger partial charge on any atom is 0.122 e. The molecular formula is C31H31N2+. The van der Waals surface area contributed by atoms with Crippen LogP contribution in [-0.4, -0.2) is 19.3 Å². The summed E-state index contributed by atoms with van der Waals surface area (Å²) in [6.07, 6.45) is 3.09.